The maximum absolute atomic E-state index is 12.6. The Balaban J connectivity index is 2.09. The van der Waals surface area contributed by atoms with Gasteiger partial charge in [0.1, 0.15) is 5.70 Å². The predicted octanol–water partition coefficient (Wildman–Crippen LogP) is 4.36. The Morgan fingerprint density at radius 1 is 1.13 bits per heavy atom. The summed E-state index contributed by atoms with van der Waals surface area (Å²) in [4.78, 5) is 15.9. The van der Waals surface area contributed by atoms with Gasteiger partial charge in [0.05, 0.1) is 0 Å². The second-order valence-corrected chi connectivity index (χ2v) is 6.68. The number of thiocarbonyl (C=S) groups is 1. The van der Waals surface area contributed by atoms with Gasteiger partial charge in [-0.15, -0.1) is 0 Å². The van der Waals surface area contributed by atoms with Crippen LogP contribution in [0.3, 0.4) is 0 Å². The van der Waals surface area contributed by atoms with Crippen LogP contribution >= 0.6 is 28.1 Å². The second kappa shape index (κ2) is 6.26. The van der Waals surface area contributed by atoms with E-state index in [1.165, 1.54) is 4.90 Å². The highest BCUT2D eigenvalue weighted by molar-refractivity contribution is 9.10. The van der Waals surface area contributed by atoms with Gasteiger partial charge in [-0.3, -0.25) is 14.6 Å². The van der Waals surface area contributed by atoms with E-state index in [-0.39, 0.29) is 5.91 Å². The molecule has 0 aromatic heterocycles. The first-order valence-electron chi connectivity index (χ1n) is 7.13. The van der Waals surface area contributed by atoms with E-state index in [0.717, 1.165) is 21.3 Å². The quantitative estimate of drug-likeness (QED) is 0.565. The van der Waals surface area contributed by atoms with Crippen molar-refractivity contribution >= 4 is 50.9 Å². The van der Waals surface area contributed by atoms with E-state index in [4.69, 9.17) is 12.2 Å². The van der Waals surface area contributed by atoms with Gasteiger partial charge < -0.3 is 0 Å². The summed E-state index contributed by atoms with van der Waals surface area (Å²) in [5.41, 5.74) is 3.55. The standard InChI is InChI=1S/C18H15BrN2OS/c1-12-6-8-15(9-7-12)21-16(17(22)20(2)18(21)23)11-13-4-3-5-14(19)10-13/h3-11H,1-2H3/b16-11+. The molecule has 3 rings (SSSR count). The molecule has 0 radical (unpaired) electrons. The molecule has 1 heterocycles. The van der Waals surface area contributed by atoms with Gasteiger partial charge in [-0.1, -0.05) is 45.8 Å². The second-order valence-electron chi connectivity index (χ2n) is 5.40. The normalized spacial score (nSPS) is 16.6. The van der Waals surface area contributed by atoms with Crippen LogP contribution in [0.5, 0.6) is 0 Å². The summed E-state index contributed by atoms with van der Waals surface area (Å²) in [6, 6.07) is 15.8. The van der Waals surface area contributed by atoms with E-state index in [9.17, 15) is 4.79 Å². The molecule has 116 valence electrons. The smallest absolute Gasteiger partial charge is 0.276 e. The summed E-state index contributed by atoms with van der Waals surface area (Å²) in [5, 5.41) is 0.486. The summed E-state index contributed by atoms with van der Waals surface area (Å²) in [5.74, 6) is -0.101. The molecule has 0 spiro atoms. The third-order valence-electron chi connectivity index (χ3n) is 3.69. The van der Waals surface area contributed by atoms with E-state index < -0.39 is 0 Å². The molecule has 1 fully saturated rings. The molecule has 1 saturated heterocycles. The van der Waals surface area contributed by atoms with Crippen LogP contribution in [0.1, 0.15) is 11.1 Å². The van der Waals surface area contributed by atoms with Crippen LogP contribution in [-0.2, 0) is 4.79 Å². The van der Waals surface area contributed by atoms with E-state index in [0.29, 0.717) is 10.8 Å². The molecule has 1 aliphatic heterocycles. The lowest BCUT2D eigenvalue weighted by atomic mass is 10.1. The molecule has 0 aliphatic carbocycles. The van der Waals surface area contributed by atoms with Crippen molar-refractivity contribution in [2.24, 2.45) is 0 Å². The van der Waals surface area contributed by atoms with E-state index in [2.05, 4.69) is 15.9 Å². The van der Waals surface area contributed by atoms with Crippen molar-refractivity contribution in [2.75, 3.05) is 11.9 Å². The predicted molar refractivity (Wildman–Crippen MR) is 101 cm³/mol. The third kappa shape index (κ3) is 3.07. The summed E-state index contributed by atoms with van der Waals surface area (Å²) in [6.07, 6.45) is 1.86. The summed E-state index contributed by atoms with van der Waals surface area (Å²) < 4.78 is 0.968. The van der Waals surface area contributed by atoms with Crippen LogP contribution in [0.4, 0.5) is 5.69 Å². The monoisotopic (exact) mass is 386 g/mol. The number of anilines is 1. The molecule has 2 aromatic rings. The van der Waals surface area contributed by atoms with Crippen LogP contribution in [0, 0.1) is 6.92 Å². The van der Waals surface area contributed by atoms with Crippen molar-refractivity contribution in [3.8, 4) is 0 Å². The fraction of sp³-hybridized carbons (Fsp3) is 0.111. The third-order valence-corrected chi connectivity index (χ3v) is 4.64. The number of benzene rings is 2. The van der Waals surface area contributed by atoms with Crippen LogP contribution in [0.15, 0.2) is 58.7 Å². The molecule has 1 aliphatic rings. The molecular formula is C18H15BrN2OS. The number of hydrogen-bond donors (Lipinski definition) is 0. The molecule has 23 heavy (non-hydrogen) atoms. The van der Waals surface area contributed by atoms with Gasteiger partial charge in [0.25, 0.3) is 5.91 Å². The fourth-order valence-corrected chi connectivity index (χ4v) is 3.13. The van der Waals surface area contributed by atoms with Crippen LogP contribution in [0.25, 0.3) is 6.08 Å². The molecule has 0 N–H and O–H groups in total. The van der Waals surface area contributed by atoms with Gasteiger partial charge in [0.15, 0.2) is 5.11 Å². The number of nitrogens with zero attached hydrogens (tertiary/aromatic N) is 2. The maximum atomic E-state index is 12.6. The minimum absolute atomic E-state index is 0.101. The van der Waals surface area contributed by atoms with Gasteiger partial charge in [0, 0.05) is 17.2 Å². The van der Waals surface area contributed by atoms with E-state index in [1.54, 1.807) is 7.05 Å². The molecular weight excluding hydrogens is 372 g/mol. The average Bonchev–Trinajstić information content (AvgIpc) is 2.73. The number of likely N-dealkylation sites (N-methyl/N-ethyl adjacent to an activating group) is 1. The highest BCUT2D eigenvalue weighted by Crippen LogP contribution is 2.29. The minimum Gasteiger partial charge on any atom is -0.286 e. The first kappa shape index (κ1) is 15.9. The van der Waals surface area contributed by atoms with Crippen LogP contribution in [0.2, 0.25) is 0 Å². The van der Waals surface area contributed by atoms with Crippen molar-refractivity contribution in [1.29, 1.82) is 0 Å². The lowest BCUT2D eigenvalue weighted by molar-refractivity contribution is -0.121. The highest BCUT2D eigenvalue weighted by atomic mass is 79.9. The Bertz CT molecular complexity index is 814. The molecule has 0 saturated carbocycles. The van der Waals surface area contributed by atoms with Crippen LogP contribution < -0.4 is 4.90 Å². The largest absolute Gasteiger partial charge is 0.286 e. The molecule has 2 aromatic carbocycles. The zero-order chi connectivity index (χ0) is 16.6. The van der Waals surface area contributed by atoms with Gasteiger partial charge in [-0.2, -0.15) is 0 Å². The highest BCUT2D eigenvalue weighted by Gasteiger charge is 2.36. The zero-order valence-corrected chi connectivity index (χ0v) is 15.2. The number of amides is 1. The van der Waals surface area contributed by atoms with Crippen molar-refractivity contribution in [1.82, 2.24) is 4.90 Å². The zero-order valence-electron chi connectivity index (χ0n) is 12.8. The SMILES string of the molecule is Cc1ccc(N2C(=S)N(C)C(=O)/C2=C\c2cccc(Br)c2)cc1. The number of halogens is 1. The molecule has 1 amide bonds. The Morgan fingerprint density at radius 3 is 2.48 bits per heavy atom. The lowest BCUT2D eigenvalue weighted by Gasteiger charge is -2.19. The topological polar surface area (TPSA) is 23.6 Å². The first-order chi connectivity index (χ1) is 11.0. The van der Waals surface area contributed by atoms with Crippen molar-refractivity contribution < 1.29 is 4.79 Å². The Morgan fingerprint density at radius 2 is 1.83 bits per heavy atom. The van der Waals surface area contributed by atoms with Crippen molar-refractivity contribution in [3.05, 3.63) is 69.8 Å². The van der Waals surface area contributed by atoms with Gasteiger partial charge in [-0.25, -0.2) is 0 Å². The van der Waals surface area contributed by atoms with Gasteiger partial charge in [-0.05, 0) is 55.0 Å². The molecule has 0 bridgehead atoms. The summed E-state index contributed by atoms with van der Waals surface area (Å²) >= 11 is 8.91. The van der Waals surface area contributed by atoms with Gasteiger partial charge in [0.2, 0.25) is 0 Å². The number of rotatable bonds is 2. The van der Waals surface area contributed by atoms with E-state index in [1.807, 2.05) is 66.4 Å². The van der Waals surface area contributed by atoms with Crippen molar-refractivity contribution in [2.45, 2.75) is 6.92 Å². The Labute approximate surface area is 149 Å². The Kier molecular flexibility index (Phi) is 4.33. The molecule has 0 atom stereocenters. The maximum Gasteiger partial charge on any atom is 0.276 e. The number of hydrogen-bond acceptors (Lipinski definition) is 2. The first-order valence-corrected chi connectivity index (χ1v) is 8.33. The number of carbonyl (C=O) groups is 1. The van der Waals surface area contributed by atoms with E-state index >= 15 is 0 Å². The van der Waals surface area contributed by atoms with Crippen LogP contribution in [-0.4, -0.2) is 23.0 Å². The minimum atomic E-state index is -0.101. The molecule has 0 unspecified atom stereocenters. The molecule has 3 nitrogen and oxygen atoms in total. The molecule has 5 heteroatoms. The summed E-state index contributed by atoms with van der Waals surface area (Å²) in [6.45, 7) is 2.03. The lowest BCUT2D eigenvalue weighted by Crippen LogP contribution is -2.29. The van der Waals surface area contributed by atoms with Gasteiger partial charge >= 0.3 is 0 Å². The number of aryl methyl sites for hydroxylation is 1. The fourth-order valence-electron chi connectivity index (χ4n) is 2.43. The summed E-state index contributed by atoms with van der Waals surface area (Å²) in [7, 11) is 1.70. The number of carbonyl (C=O) groups excluding carboxylic acids is 1. The Hall–Kier alpha value is -1.98. The van der Waals surface area contributed by atoms with Crippen molar-refractivity contribution in [3.63, 3.8) is 0 Å². The average molecular weight is 387 g/mol.